The molecular weight excluding hydrogens is 362 g/mol. The number of nitrogens with one attached hydrogen (secondary N) is 1. The fourth-order valence-electron chi connectivity index (χ4n) is 2.91. The second-order valence-electron chi connectivity index (χ2n) is 6.11. The summed E-state index contributed by atoms with van der Waals surface area (Å²) < 4.78 is 32.5. The molecule has 0 aliphatic heterocycles. The Bertz CT molecular complexity index is 1060. The minimum Gasteiger partial charge on any atom is -0.462 e. The molecule has 0 aliphatic carbocycles. The van der Waals surface area contributed by atoms with Crippen molar-refractivity contribution in [1.29, 1.82) is 0 Å². The van der Waals surface area contributed by atoms with Crippen LogP contribution in [0.3, 0.4) is 0 Å². The van der Waals surface area contributed by atoms with Gasteiger partial charge in [-0.3, -0.25) is 4.72 Å². The van der Waals surface area contributed by atoms with E-state index >= 15 is 0 Å². The van der Waals surface area contributed by atoms with E-state index in [2.05, 4.69) is 4.72 Å². The Morgan fingerprint density at radius 1 is 1.00 bits per heavy atom. The summed E-state index contributed by atoms with van der Waals surface area (Å²) in [6.07, 6.45) is 0.397. The summed E-state index contributed by atoms with van der Waals surface area (Å²) in [6.45, 7) is 1.98. The number of anilines is 1. The summed E-state index contributed by atoms with van der Waals surface area (Å²) in [5.41, 5.74) is 1.64. The lowest BCUT2D eigenvalue weighted by atomic mass is 10.0. The van der Waals surface area contributed by atoms with E-state index in [0.29, 0.717) is 17.7 Å². The van der Waals surface area contributed by atoms with Crippen LogP contribution in [0.15, 0.2) is 66.7 Å². The van der Waals surface area contributed by atoms with Crippen molar-refractivity contribution < 1.29 is 17.9 Å². The van der Waals surface area contributed by atoms with E-state index in [-0.39, 0.29) is 12.4 Å². The van der Waals surface area contributed by atoms with Gasteiger partial charge in [-0.05, 0) is 47.9 Å². The molecule has 0 amide bonds. The highest BCUT2D eigenvalue weighted by Gasteiger charge is 2.14. The summed E-state index contributed by atoms with van der Waals surface area (Å²) in [5.74, 6) is -0.528. The Kier molecular flexibility index (Phi) is 5.76. The first-order valence-corrected chi connectivity index (χ1v) is 10.4. The van der Waals surface area contributed by atoms with Gasteiger partial charge < -0.3 is 4.74 Å². The van der Waals surface area contributed by atoms with E-state index in [9.17, 15) is 13.2 Å². The van der Waals surface area contributed by atoms with Crippen LogP contribution in [0, 0.1) is 0 Å². The van der Waals surface area contributed by atoms with Crippen LogP contribution in [0.1, 0.15) is 22.8 Å². The molecule has 0 saturated carbocycles. The lowest BCUT2D eigenvalue weighted by Gasteiger charge is -2.10. The van der Waals surface area contributed by atoms with Gasteiger partial charge in [-0.2, -0.15) is 0 Å². The number of rotatable bonds is 7. The van der Waals surface area contributed by atoms with Gasteiger partial charge in [0.15, 0.2) is 0 Å². The summed E-state index contributed by atoms with van der Waals surface area (Å²) >= 11 is 0. The third-order valence-electron chi connectivity index (χ3n) is 4.17. The fourth-order valence-corrected chi connectivity index (χ4v) is 3.99. The Hall–Kier alpha value is -2.86. The lowest BCUT2D eigenvalue weighted by molar-refractivity contribution is 0.0526. The number of aryl methyl sites for hydroxylation is 1. The SMILES string of the molecule is CCOC(=O)c1cccc(NS(=O)(=O)CCc2cccc3ccccc23)c1. The van der Waals surface area contributed by atoms with Gasteiger partial charge in [0.25, 0.3) is 0 Å². The summed E-state index contributed by atoms with van der Waals surface area (Å²) in [7, 11) is -3.56. The second kappa shape index (κ2) is 8.22. The number of fused-ring (bicyclic) bond motifs is 1. The van der Waals surface area contributed by atoms with E-state index in [4.69, 9.17) is 4.74 Å². The largest absolute Gasteiger partial charge is 0.462 e. The molecule has 0 unspecified atom stereocenters. The van der Waals surface area contributed by atoms with Gasteiger partial charge in [-0.25, -0.2) is 13.2 Å². The fraction of sp³-hybridized carbons (Fsp3) is 0.190. The van der Waals surface area contributed by atoms with E-state index in [1.54, 1.807) is 25.1 Å². The Morgan fingerprint density at radius 2 is 1.74 bits per heavy atom. The average Bonchev–Trinajstić information content (AvgIpc) is 2.66. The molecule has 0 aromatic heterocycles. The number of carbonyl (C=O) groups is 1. The molecule has 3 aromatic rings. The summed E-state index contributed by atoms with van der Waals surface area (Å²) in [6, 6.07) is 20.1. The van der Waals surface area contributed by atoms with Crippen LogP contribution in [0.4, 0.5) is 5.69 Å². The van der Waals surface area contributed by atoms with Crippen molar-refractivity contribution in [3.8, 4) is 0 Å². The molecule has 0 heterocycles. The Balaban J connectivity index is 1.72. The van der Waals surface area contributed by atoms with Gasteiger partial charge in [0.1, 0.15) is 0 Å². The molecular formula is C21H21NO4S. The first-order valence-electron chi connectivity index (χ1n) is 8.73. The summed E-state index contributed by atoms with van der Waals surface area (Å²) in [4.78, 5) is 11.8. The van der Waals surface area contributed by atoms with E-state index < -0.39 is 16.0 Å². The third kappa shape index (κ3) is 4.86. The van der Waals surface area contributed by atoms with Gasteiger partial charge in [0.05, 0.1) is 17.9 Å². The number of carbonyl (C=O) groups excluding carboxylic acids is 1. The van der Waals surface area contributed by atoms with E-state index in [1.165, 1.54) is 6.07 Å². The molecule has 0 bridgehead atoms. The molecule has 0 atom stereocenters. The molecule has 6 heteroatoms. The highest BCUT2D eigenvalue weighted by Crippen LogP contribution is 2.20. The van der Waals surface area contributed by atoms with Crippen LogP contribution >= 0.6 is 0 Å². The zero-order chi connectivity index (χ0) is 19.3. The van der Waals surface area contributed by atoms with Crippen LogP contribution in [-0.4, -0.2) is 26.7 Å². The third-order valence-corrected chi connectivity index (χ3v) is 5.46. The quantitative estimate of drug-likeness (QED) is 0.626. The zero-order valence-corrected chi connectivity index (χ0v) is 15.8. The van der Waals surface area contributed by atoms with Crippen LogP contribution in [0.25, 0.3) is 10.8 Å². The minimum absolute atomic E-state index is 0.0510. The van der Waals surface area contributed by atoms with Crippen molar-refractivity contribution in [2.75, 3.05) is 17.1 Å². The minimum atomic E-state index is -3.56. The molecule has 5 nitrogen and oxygen atoms in total. The first kappa shape index (κ1) is 18.9. The zero-order valence-electron chi connectivity index (χ0n) is 15.0. The smallest absolute Gasteiger partial charge is 0.338 e. The van der Waals surface area contributed by atoms with Crippen LogP contribution in [-0.2, 0) is 21.2 Å². The number of hydrogen-bond donors (Lipinski definition) is 1. The molecule has 0 aliphatic rings. The van der Waals surface area contributed by atoms with Crippen molar-refractivity contribution in [3.05, 3.63) is 77.9 Å². The first-order chi connectivity index (χ1) is 13.0. The van der Waals surface area contributed by atoms with Crippen LogP contribution in [0.5, 0.6) is 0 Å². The van der Waals surface area contributed by atoms with Crippen LogP contribution in [0.2, 0.25) is 0 Å². The molecule has 3 rings (SSSR count). The van der Waals surface area contributed by atoms with Crippen LogP contribution < -0.4 is 4.72 Å². The van der Waals surface area contributed by atoms with Crippen molar-refractivity contribution >= 4 is 32.5 Å². The predicted octanol–water partition coefficient (Wildman–Crippen LogP) is 4.00. The molecule has 27 heavy (non-hydrogen) atoms. The maximum Gasteiger partial charge on any atom is 0.338 e. The van der Waals surface area contributed by atoms with Crippen molar-refractivity contribution in [2.45, 2.75) is 13.3 Å². The van der Waals surface area contributed by atoms with E-state index in [0.717, 1.165) is 16.3 Å². The maximum atomic E-state index is 12.5. The number of ether oxygens (including phenoxy) is 1. The second-order valence-corrected chi connectivity index (χ2v) is 7.95. The molecule has 1 N–H and O–H groups in total. The van der Waals surface area contributed by atoms with Gasteiger partial charge in [-0.15, -0.1) is 0 Å². The lowest BCUT2D eigenvalue weighted by Crippen LogP contribution is -2.18. The van der Waals surface area contributed by atoms with Gasteiger partial charge in [0, 0.05) is 5.69 Å². The normalized spacial score (nSPS) is 11.3. The predicted molar refractivity (Wildman–Crippen MR) is 107 cm³/mol. The number of benzene rings is 3. The van der Waals surface area contributed by atoms with Crippen molar-refractivity contribution in [1.82, 2.24) is 0 Å². The molecule has 0 fully saturated rings. The molecule has 0 saturated heterocycles. The average molecular weight is 383 g/mol. The number of hydrogen-bond acceptors (Lipinski definition) is 4. The van der Waals surface area contributed by atoms with E-state index in [1.807, 2.05) is 42.5 Å². The van der Waals surface area contributed by atoms with Crippen molar-refractivity contribution in [2.24, 2.45) is 0 Å². The topological polar surface area (TPSA) is 72.5 Å². The highest BCUT2D eigenvalue weighted by molar-refractivity contribution is 7.92. The van der Waals surface area contributed by atoms with Gasteiger partial charge in [0.2, 0.25) is 10.0 Å². The molecule has 3 aromatic carbocycles. The maximum absolute atomic E-state index is 12.5. The monoisotopic (exact) mass is 383 g/mol. The van der Waals surface area contributed by atoms with Crippen molar-refractivity contribution in [3.63, 3.8) is 0 Å². The Morgan fingerprint density at radius 3 is 2.56 bits per heavy atom. The Labute approximate surface area is 159 Å². The molecule has 0 radical (unpaired) electrons. The van der Waals surface area contributed by atoms with Gasteiger partial charge in [-0.1, -0.05) is 48.5 Å². The molecule has 0 spiro atoms. The molecule has 140 valence electrons. The number of sulfonamides is 1. The highest BCUT2D eigenvalue weighted by atomic mass is 32.2. The number of esters is 1. The summed E-state index contributed by atoms with van der Waals surface area (Å²) in [5, 5.41) is 2.14. The van der Waals surface area contributed by atoms with Gasteiger partial charge >= 0.3 is 5.97 Å². The standard InChI is InChI=1S/C21H21NO4S/c1-2-26-21(23)18-10-6-11-19(15-18)22-27(24,25)14-13-17-9-5-8-16-7-3-4-12-20(16)17/h3-12,15,22H,2,13-14H2,1H3.